The molecule has 0 bridgehead atoms. The molecule has 1 heterocycles. The minimum Gasteiger partial charge on any atom is -0.353 e. The molecule has 1 saturated heterocycles. The Morgan fingerprint density at radius 2 is 1.76 bits per heavy atom. The van der Waals surface area contributed by atoms with Gasteiger partial charge in [0, 0.05) is 32.0 Å². The lowest BCUT2D eigenvalue weighted by molar-refractivity contribution is -0.134. The molecule has 2 fully saturated rings. The Hall–Kier alpha value is -1.06. The van der Waals surface area contributed by atoms with Crippen molar-refractivity contribution in [1.82, 2.24) is 10.2 Å². The van der Waals surface area contributed by atoms with E-state index in [4.69, 9.17) is 0 Å². The van der Waals surface area contributed by atoms with E-state index in [0.717, 1.165) is 58.0 Å². The average molecular weight is 351 g/mol. The number of unbranched alkanes of at least 4 members (excludes halogenated alkanes) is 2. The molecule has 2 rings (SSSR count). The van der Waals surface area contributed by atoms with Gasteiger partial charge in [-0.1, -0.05) is 52.4 Å². The maximum absolute atomic E-state index is 12.4. The quantitative estimate of drug-likeness (QED) is 0.664. The molecular weight excluding hydrogens is 312 g/mol. The van der Waals surface area contributed by atoms with Gasteiger partial charge in [0.05, 0.1) is 0 Å². The Kier molecular flexibility index (Phi) is 8.77. The van der Waals surface area contributed by atoms with Crippen molar-refractivity contribution in [3.8, 4) is 0 Å². The molecule has 4 nitrogen and oxygen atoms in total. The monoisotopic (exact) mass is 350 g/mol. The van der Waals surface area contributed by atoms with E-state index in [-0.39, 0.29) is 5.91 Å². The molecule has 2 unspecified atom stereocenters. The molecule has 0 aromatic heterocycles. The molecule has 144 valence electrons. The molecule has 1 saturated carbocycles. The minimum atomic E-state index is 0.234. The smallest absolute Gasteiger partial charge is 0.222 e. The lowest BCUT2D eigenvalue weighted by Crippen LogP contribution is -2.45. The molecule has 2 aliphatic rings. The van der Waals surface area contributed by atoms with Gasteiger partial charge in [0.2, 0.25) is 11.8 Å². The largest absolute Gasteiger partial charge is 0.353 e. The van der Waals surface area contributed by atoms with Crippen LogP contribution in [0.4, 0.5) is 0 Å². The molecule has 0 aromatic rings. The molecule has 0 radical (unpaired) electrons. The Labute approximate surface area is 154 Å². The van der Waals surface area contributed by atoms with Crippen LogP contribution in [-0.2, 0) is 9.59 Å². The van der Waals surface area contributed by atoms with Crippen LogP contribution < -0.4 is 5.32 Å². The molecular formula is C21H38N2O2. The van der Waals surface area contributed by atoms with E-state index >= 15 is 0 Å². The van der Waals surface area contributed by atoms with Gasteiger partial charge in [-0.15, -0.1) is 0 Å². The second-order valence-electron chi connectivity index (χ2n) is 8.12. The molecule has 25 heavy (non-hydrogen) atoms. The molecule has 4 heteroatoms. The highest BCUT2D eigenvalue weighted by atomic mass is 16.2. The summed E-state index contributed by atoms with van der Waals surface area (Å²) in [5.74, 6) is 1.46. The van der Waals surface area contributed by atoms with Gasteiger partial charge in [0.15, 0.2) is 0 Å². The Morgan fingerprint density at radius 3 is 2.44 bits per heavy atom. The third-order valence-corrected chi connectivity index (χ3v) is 6.18. The van der Waals surface area contributed by atoms with Gasteiger partial charge in [-0.3, -0.25) is 9.59 Å². The standard InChI is InChI=1S/C21H38N2O2/c1-3-5-7-12-21(25)23-14-13-18(17(4-2)16-23)15-20(24)22-19-10-8-6-9-11-19/h17-19H,3-16H2,1-2H3,(H,22,24). The van der Waals surface area contributed by atoms with Crippen molar-refractivity contribution in [3.63, 3.8) is 0 Å². The van der Waals surface area contributed by atoms with Crippen LogP contribution in [0.25, 0.3) is 0 Å². The highest BCUT2D eigenvalue weighted by Crippen LogP contribution is 2.30. The van der Waals surface area contributed by atoms with Gasteiger partial charge < -0.3 is 10.2 Å². The van der Waals surface area contributed by atoms with E-state index in [1.807, 2.05) is 0 Å². The van der Waals surface area contributed by atoms with Crippen LogP contribution in [-0.4, -0.2) is 35.8 Å². The van der Waals surface area contributed by atoms with Crippen molar-refractivity contribution in [2.24, 2.45) is 11.8 Å². The number of nitrogens with one attached hydrogen (secondary N) is 1. The maximum Gasteiger partial charge on any atom is 0.222 e. The first kappa shape index (κ1) is 20.3. The van der Waals surface area contributed by atoms with Gasteiger partial charge in [-0.05, 0) is 37.5 Å². The third kappa shape index (κ3) is 6.63. The zero-order valence-corrected chi connectivity index (χ0v) is 16.4. The van der Waals surface area contributed by atoms with Crippen molar-refractivity contribution in [3.05, 3.63) is 0 Å². The highest BCUT2D eigenvalue weighted by Gasteiger charge is 2.31. The first-order chi connectivity index (χ1) is 12.1. The molecule has 0 spiro atoms. The average Bonchev–Trinajstić information content (AvgIpc) is 2.63. The normalized spacial score (nSPS) is 25.0. The van der Waals surface area contributed by atoms with Crippen molar-refractivity contribution in [2.75, 3.05) is 13.1 Å². The van der Waals surface area contributed by atoms with Gasteiger partial charge >= 0.3 is 0 Å². The van der Waals surface area contributed by atoms with E-state index in [2.05, 4.69) is 24.1 Å². The molecule has 1 aliphatic heterocycles. The lowest BCUT2D eigenvalue weighted by Gasteiger charge is -2.38. The number of hydrogen-bond donors (Lipinski definition) is 1. The van der Waals surface area contributed by atoms with E-state index in [1.165, 1.54) is 19.3 Å². The van der Waals surface area contributed by atoms with Crippen LogP contribution in [0.15, 0.2) is 0 Å². The zero-order valence-electron chi connectivity index (χ0n) is 16.4. The number of hydrogen-bond acceptors (Lipinski definition) is 2. The van der Waals surface area contributed by atoms with Gasteiger partial charge in [-0.25, -0.2) is 0 Å². The fourth-order valence-electron chi connectivity index (χ4n) is 4.49. The molecule has 2 amide bonds. The molecule has 1 aliphatic carbocycles. The van der Waals surface area contributed by atoms with Crippen molar-refractivity contribution >= 4 is 11.8 Å². The van der Waals surface area contributed by atoms with Crippen molar-refractivity contribution in [1.29, 1.82) is 0 Å². The SMILES string of the molecule is CCCCCC(=O)N1CCC(CC(=O)NC2CCCCC2)C(CC)C1. The van der Waals surface area contributed by atoms with Crippen LogP contribution in [0.5, 0.6) is 0 Å². The van der Waals surface area contributed by atoms with Crippen LogP contribution >= 0.6 is 0 Å². The summed E-state index contributed by atoms with van der Waals surface area (Å²) >= 11 is 0. The fraction of sp³-hybridized carbons (Fsp3) is 0.905. The first-order valence-corrected chi connectivity index (χ1v) is 10.7. The molecule has 2 atom stereocenters. The lowest BCUT2D eigenvalue weighted by atomic mass is 9.81. The molecule has 0 aromatic carbocycles. The number of amides is 2. The van der Waals surface area contributed by atoms with Crippen LogP contribution in [0, 0.1) is 11.8 Å². The Balaban J connectivity index is 1.76. The van der Waals surface area contributed by atoms with E-state index in [0.29, 0.717) is 36.6 Å². The van der Waals surface area contributed by atoms with Gasteiger partial charge in [0.25, 0.3) is 0 Å². The predicted octanol–water partition coefficient (Wildman–Crippen LogP) is 4.28. The summed E-state index contributed by atoms with van der Waals surface area (Å²) < 4.78 is 0. The second-order valence-corrected chi connectivity index (χ2v) is 8.12. The number of carbonyl (C=O) groups is 2. The highest BCUT2D eigenvalue weighted by molar-refractivity contribution is 5.77. The zero-order chi connectivity index (χ0) is 18.1. The number of carbonyl (C=O) groups excluding carboxylic acids is 2. The first-order valence-electron chi connectivity index (χ1n) is 10.7. The van der Waals surface area contributed by atoms with E-state index in [1.54, 1.807) is 0 Å². The van der Waals surface area contributed by atoms with E-state index in [9.17, 15) is 9.59 Å². The maximum atomic E-state index is 12.4. The van der Waals surface area contributed by atoms with E-state index < -0.39 is 0 Å². The minimum absolute atomic E-state index is 0.234. The summed E-state index contributed by atoms with van der Waals surface area (Å²) in [6.07, 6.45) is 12.8. The Bertz CT molecular complexity index is 418. The summed E-state index contributed by atoms with van der Waals surface area (Å²) in [5.41, 5.74) is 0. The van der Waals surface area contributed by atoms with Crippen molar-refractivity contribution < 1.29 is 9.59 Å². The number of nitrogens with zero attached hydrogens (tertiary/aromatic N) is 1. The summed E-state index contributed by atoms with van der Waals surface area (Å²) in [6, 6.07) is 0.404. The van der Waals surface area contributed by atoms with Crippen LogP contribution in [0.2, 0.25) is 0 Å². The van der Waals surface area contributed by atoms with Crippen molar-refractivity contribution in [2.45, 2.75) is 96.9 Å². The number of likely N-dealkylation sites (tertiary alicyclic amines) is 1. The third-order valence-electron chi connectivity index (χ3n) is 6.18. The van der Waals surface area contributed by atoms with Crippen LogP contribution in [0.3, 0.4) is 0 Å². The van der Waals surface area contributed by atoms with Gasteiger partial charge in [-0.2, -0.15) is 0 Å². The van der Waals surface area contributed by atoms with Gasteiger partial charge in [0.1, 0.15) is 0 Å². The molecule has 1 N–H and O–H groups in total. The predicted molar refractivity (Wildman–Crippen MR) is 102 cm³/mol. The summed E-state index contributed by atoms with van der Waals surface area (Å²) in [4.78, 5) is 26.9. The number of rotatable bonds is 8. The summed E-state index contributed by atoms with van der Waals surface area (Å²) in [7, 11) is 0. The second kappa shape index (κ2) is 10.8. The number of piperidine rings is 1. The fourth-order valence-corrected chi connectivity index (χ4v) is 4.49. The summed E-state index contributed by atoms with van der Waals surface area (Å²) in [5, 5.41) is 3.26. The Morgan fingerprint density at radius 1 is 1.00 bits per heavy atom. The topological polar surface area (TPSA) is 49.4 Å². The summed E-state index contributed by atoms with van der Waals surface area (Å²) in [6.45, 7) is 6.05. The van der Waals surface area contributed by atoms with Crippen LogP contribution in [0.1, 0.15) is 90.9 Å².